The summed E-state index contributed by atoms with van der Waals surface area (Å²) in [5.41, 5.74) is 0. The molecule has 1 aromatic rings. The number of pyridine rings is 1. The van der Waals surface area contributed by atoms with Crippen LogP contribution in [0.3, 0.4) is 0 Å². The lowest BCUT2D eigenvalue weighted by Crippen LogP contribution is -2.26. The summed E-state index contributed by atoms with van der Waals surface area (Å²) in [7, 11) is 3.50. The van der Waals surface area contributed by atoms with Crippen molar-refractivity contribution >= 4 is 0 Å². The lowest BCUT2D eigenvalue weighted by Gasteiger charge is -2.12. The van der Waals surface area contributed by atoms with Crippen LogP contribution < -0.4 is 14.8 Å². The quantitative estimate of drug-likeness (QED) is 0.765. The molecule has 0 aliphatic carbocycles. The van der Waals surface area contributed by atoms with E-state index in [1.165, 1.54) is 0 Å². The van der Waals surface area contributed by atoms with Crippen molar-refractivity contribution in [2.75, 3.05) is 20.7 Å². The van der Waals surface area contributed by atoms with Crippen LogP contribution in [0.25, 0.3) is 0 Å². The molecule has 4 nitrogen and oxygen atoms in total. The molecule has 0 unspecified atom stereocenters. The van der Waals surface area contributed by atoms with Gasteiger partial charge in [-0.3, -0.25) is 0 Å². The van der Waals surface area contributed by atoms with Crippen LogP contribution in [-0.4, -0.2) is 31.8 Å². The predicted molar refractivity (Wildman–Crippen MR) is 54.8 cm³/mol. The van der Waals surface area contributed by atoms with Gasteiger partial charge in [-0.25, -0.2) is 4.98 Å². The standard InChI is InChI=1S/C10H16N2O2/c1-8(6-11-2)14-10-5-4-9(13-3)7-12-10/h4-5,7-8,11H,6H2,1-3H3/t8-/m1/s1. The first kappa shape index (κ1) is 10.8. The first-order valence-corrected chi connectivity index (χ1v) is 4.57. The second-order valence-electron chi connectivity index (χ2n) is 3.02. The number of aromatic nitrogens is 1. The molecule has 0 fully saturated rings. The number of nitrogens with zero attached hydrogens (tertiary/aromatic N) is 1. The topological polar surface area (TPSA) is 43.4 Å². The Morgan fingerprint density at radius 1 is 1.50 bits per heavy atom. The van der Waals surface area contributed by atoms with E-state index in [-0.39, 0.29) is 6.10 Å². The van der Waals surface area contributed by atoms with Crippen molar-refractivity contribution in [1.29, 1.82) is 0 Å². The van der Waals surface area contributed by atoms with Gasteiger partial charge in [0.1, 0.15) is 11.9 Å². The molecule has 1 heterocycles. The Labute approximate surface area is 84.3 Å². The number of rotatable bonds is 5. The fraction of sp³-hybridized carbons (Fsp3) is 0.500. The molecule has 1 N–H and O–H groups in total. The van der Waals surface area contributed by atoms with E-state index < -0.39 is 0 Å². The lowest BCUT2D eigenvalue weighted by molar-refractivity contribution is 0.211. The van der Waals surface area contributed by atoms with Gasteiger partial charge >= 0.3 is 0 Å². The van der Waals surface area contributed by atoms with Crippen molar-refractivity contribution < 1.29 is 9.47 Å². The van der Waals surface area contributed by atoms with E-state index in [0.29, 0.717) is 5.88 Å². The average molecular weight is 196 g/mol. The molecule has 1 atom stereocenters. The molecular weight excluding hydrogens is 180 g/mol. The molecule has 0 aliphatic heterocycles. The SMILES string of the molecule is CNC[C@@H](C)Oc1ccc(OC)cn1. The van der Waals surface area contributed by atoms with Crippen LogP contribution in [0.2, 0.25) is 0 Å². The van der Waals surface area contributed by atoms with Gasteiger partial charge < -0.3 is 14.8 Å². The molecule has 0 saturated carbocycles. The molecule has 14 heavy (non-hydrogen) atoms. The number of ether oxygens (including phenoxy) is 2. The van der Waals surface area contributed by atoms with E-state index in [4.69, 9.17) is 9.47 Å². The summed E-state index contributed by atoms with van der Waals surface area (Å²) in [6.45, 7) is 2.79. The molecular formula is C10H16N2O2. The normalized spacial score (nSPS) is 12.2. The van der Waals surface area contributed by atoms with Crippen LogP contribution in [0.15, 0.2) is 18.3 Å². The zero-order chi connectivity index (χ0) is 10.4. The Balaban J connectivity index is 2.50. The number of hydrogen-bond acceptors (Lipinski definition) is 4. The summed E-state index contributed by atoms with van der Waals surface area (Å²) < 4.78 is 10.5. The van der Waals surface area contributed by atoms with E-state index >= 15 is 0 Å². The average Bonchev–Trinajstić information content (AvgIpc) is 2.19. The fourth-order valence-electron chi connectivity index (χ4n) is 1.09. The van der Waals surface area contributed by atoms with Crippen molar-refractivity contribution in [3.63, 3.8) is 0 Å². The first-order chi connectivity index (χ1) is 6.76. The van der Waals surface area contributed by atoms with Gasteiger partial charge in [0.2, 0.25) is 5.88 Å². The van der Waals surface area contributed by atoms with Gasteiger partial charge in [-0.1, -0.05) is 0 Å². The first-order valence-electron chi connectivity index (χ1n) is 4.57. The Morgan fingerprint density at radius 2 is 2.29 bits per heavy atom. The summed E-state index contributed by atoms with van der Waals surface area (Å²) in [5.74, 6) is 1.35. The molecule has 0 radical (unpaired) electrons. The van der Waals surface area contributed by atoms with E-state index in [0.717, 1.165) is 12.3 Å². The van der Waals surface area contributed by atoms with Crippen molar-refractivity contribution in [2.45, 2.75) is 13.0 Å². The molecule has 0 saturated heterocycles. The second kappa shape index (κ2) is 5.44. The number of methoxy groups -OCH3 is 1. The minimum Gasteiger partial charge on any atom is -0.495 e. The zero-order valence-corrected chi connectivity index (χ0v) is 8.78. The van der Waals surface area contributed by atoms with Gasteiger partial charge in [0.05, 0.1) is 13.3 Å². The van der Waals surface area contributed by atoms with Crippen LogP contribution in [0.5, 0.6) is 11.6 Å². The Bertz CT molecular complexity index is 261. The zero-order valence-electron chi connectivity index (χ0n) is 8.78. The summed E-state index contributed by atoms with van der Waals surface area (Å²) in [5, 5.41) is 3.03. The van der Waals surface area contributed by atoms with E-state index in [1.807, 2.05) is 20.0 Å². The Kier molecular flexibility index (Phi) is 4.19. The van der Waals surface area contributed by atoms with Crippen molar-refractivity contribution in [2.24, 2.45) is 0 Å². The highest BCUT2D eigenvalue weighted by Crippen LogP contribution is 2.13. The highest BCUT2D eigenvalue weighted by Gasteiger charge is 2.03. The maximum atomic E-state index is 5.53. The number of hydrogen-bond donors (Lipinski definition) is 1. The molecule has 78 valence electrons. The predicted octanol–water partition coefficient (Wildman–Crippen LogP) is 1.08. The molecule has 0 amide bonds. The highest BCUT2D eigenvalue weighted by molar-refractivity contribution is 5.22. The molecule has 1 aromatic heterocycles. The Hall–Kier alpha value is -1.29. The van der Waals surface area contributed by atoms with Gasteiger partial charge in [0, 0.05) is 12.6 Å². The monoisotopic (exact) mass is 196 g/mol. The molecule has 0 aliphatic rings. The molecule has 1 rings (SSSR count). The van der Waals surface area contributed by atoms with E-state index in [9.17, 15) is 0 Å². The summed E-state index contributed by atoms with van der Waals surface area (Å²) >= 11 is 0. The van der Waals surface area contributed by atoms with Crippen LogP contribution >= 0.6 is 0 Å². The third-order valence-corrected chi connectivity index (χ3v) is 1.76. The van der Waals surface area contributed by atoms with E-state index in [2.05, 4.69) is 10.3 Å². The fourth-order valence-corrected chi connectivity index (χ4v) is 1.09. The summed E-state index contributed by atoms with van der Waals surface area (Å²) in [6.07, 6.45) is 1.75. The molecule has 4 heteroatoms. The van der Waals surface area contributed by atoms with Crippen molar-refractivity contribution in [3.8, 4) is 11.6 Å². The van der Waals surface area contributed by atoms with Gasteiger partial charge in [-0.15, -0.1) is 0 Å². The summed E-state index contributed by atoms with van der Waals surface area (Å²) in [4.78, 5) is 4.10. The number of likely N-dealkylation sites (N-methyl/N-ethyl adjacent to an activating group) is 1. The Morgan fingerprint density at radius 3 is 2.79 bits per heavy atom. The lowest BCUT2D eigenvalue weighted by atomic mass is 10.4. The molecule has 0 bridgehead atoms. The van der Waals surface area contributed by atoms with Gasteiger partial charge in [-0.2, -0.15) is 0 Å². The van der Waals surface area contributed by atoms with Crippen molar-refractivity contribution in [1.82, 2.24) is 10.3 Å². The third-order valence-electron chi connectivity index (χ3n) is 1.76. The second-order valence-corrected chi connectivity index (χ2v) is 3.02. The molecule has 0 aromatic carbocycles. The smallest absolute Gasteiger partial charge is 0.213 e. The van der Waals surface area contributed by atoms with Crippen LogP contribution in [-0.2, 0) is 0 Å². The van der Waals surface area contributed by atoms with E-state index in [1.54, 1.807) is 19.4 Å². The number of nitrogens with one attached hydrogen (secondary N) is 1. The minimum atomic E-state index is 0.112. The summed E-state index contributed by atoms with van der Waals surface area (Å²) in [6, 6.07) is 3.62. The largest absolute Gasteiger partial charge is 0.495 e. The van der Waals surface area contributed by atoms with Crippen molar-refractivity contribution in [3.05, 3.63) is 18.3 Å². The molecule has 0 spiro atoms. The van der Waals surface area contributed by atoms with Gasteiger partial charge in [-0.05, 0) is 20.0 Å². The highest BCUT2D eigenvalue weighted by atomic mass is 16.5. The van der Waals surface area contributed by atoms with Crippen LogP contribution in [0.1, 0.15) is 6.92 Å². The van der Waals surface area contributed by atoms with Crippen LogP contribution in [0, 0.1) is 0 Å². The maximum absolute atomic E-state index is 5.53. The van der Waals surface area contributed by atoms with Crippen LogP contribution in [0.4, 0.5) is 0 Å². The van der Waals surface area contributed by atoms with Gasteiger partial charge in [0.25, 0.3) is 0 Å². The minimum absolute atomic E-state index is 0.112. The third kappa shape index (κ3) is 3.22. The van der Waals surface area contributed by atoms with Gasteiger partial charge in [0.15, 0.2) is 0 Å². The maximum Gasteiger partial charge on any atom is 0.213 e.